The minimum Gasteiger partial charge on any atom is -0.462 e. The van der Waals surface area contributed by atoms with E-state index in [0.717, 1.165) is 0 Å². The van der Waals surface area contributed by atoms with Crippen molar-refractivity contribution >= 4 is 20.0 Å². The number of ether oxygens (including phenoxy) is 2. The summed E-state index contributed by atoms with van der Waals surface area (Å²) in [6.07, 6.45) is -0.469. The summed E-state index contributed by atoms with van der Waals surface area (Å²) in [7, 11) is -2.50. The molecule has 0 aliphatic carbocycles. The second-order valence-corrected chi connectivity index (χ2v) is 6.27. The van der Waals surface area contributed by atoms with Crippen LogP contribution in [0.3, 0.4) is 0 Å². The van der Waals surface area contributed by atoms with Crippen molar-refractivity contribution in [1.29, 1.82) is 0 Å². The zero-order valence-corrected chi connectivity index (χ0v) is 17.3. The number of rotatable bonds is 8. The van der Waals surface area contributed by atoms with E-state index >= 15 is 0 Å². The Morgan fingerprint density at radius 3 is 1.33 bits per heavy atom. The molecule has 0 saturated carbocycles. The van der Waals surface area contributed by atoms with E-state index in [1.165, 1.54) is 0 Å². The molecule has 0 aromatic carbocycles. The van der Waals surface area contributed by atoms with E-state index in [1.54, 1.807) is 41.5 Å². The first kappa shape index (κ1) is 23.5. The van der Waals surface area contributed by atoms with Crippen molar-refractivity contribution < 1.29 is 56.3 Å². The molecule has 0 spiro atoms. The summed E-state index contributed by atoms with van der Waals surface area (Å²) in [6.45, 7) is 10.0. The summed E-state index contributed by atoms with van der Waals surface area (Å²) in [5.74, 6) is -0.977. The number of carbonyl (C=O) groups excluding carboxylic acids is 2. The molecule has 2 unspecified atom stereocenters. The van der Waals surface area contributed by atoms with Gasteiger partial charge in [-0.15, -0.1) is 0 Å². The summed E-state index contributed by atoms with van der Waals surface area (Å²) in [5.41, 5.74) is 0. The van der Waals surface area contributed by atoms with Gasteiger partial charge < -0.3 is 9.47 Å². The first-order chi connectivity index (χ1) is 9.13. The van der Waals surface area contributed by atoms with Crippen LogP contribution in [0.4, 0.5) is 0 Å². The van der Waals surface area contributed by atoms with Crippen LogP contribution in [0, 0.1) is 0 Å². The van der Waals surface area contributed by atoms with E-state index in [9.17, 15) is 14.2 Å². The molecule has 0 rings (SSSR count). The van der Waals surface area contributed by atoms with Gasteiger partial charge in [-0.05, 0) is 41.5 Å². The zero-order chi connectivity index (χ0) is 15.9. The maximum atomic E-state index is 11.8. The molecule has 0 aliphatic rings. The molecule has 2 atom stereocenters. The van der Waals surface area contributed by atoms with Gasteiger partial charge in [-0.2, -0.15) is 0 Å². The first-order valence-corrected chi connectivity index (χ1v) is 8.02. The van der Waals surface area contributed by atoms with E-state index < -0.39 is 32.1 Å². The Bertz CT molecular complexity index is 334. The Balaban J connectivity index is 0. The van der Waals surface area contributed by atoms with Crippen LogP contribution in [0.2, 0.25) is 0 Å². The monoisotopic (exact) mass is 397 g/mol. The third-order valence-corrected chi connectivity index (χ3v) is 3.50. The molecule has 0 aliphatic heterocycles. The number of carbonyl (C=O) groups is 2. The minimum absolute atomic E-state index is 0. The van der Waals surface area contributed by atoms with Crippen molar-refractivity contribution in [3.05, 3.63) is 0 Å². The van der Waals surface area contributed by atoms with Gasteiger partial charge in [0.15, 0.2) is 0 Å². The SMILES string of the molecule is CC(C)OC(=O)C(C)N[PH](=O)NC(C)C(=O)OC(C)C.[Y]. The van der Waals surface area contributed by atoms with Crippen molar-refractivity contribution in [2.45, 2.75) is 65.8 Å². The molecule has 0 fully saturated rings. The summed E-state index contributed by atoms with van der Waals surface area (Å²) < 4.78 is 21.7. The molecule has 0 aromatic heterocycles. The van der Waals surface area contributed by atoms with Crippen molar-refractivity contribution in [1.82, 2.24) is 10.2 Å². The van der Waals surface area contributed by atoms with Crippen LogP contribution in [-0.4, -0.2) is 36.2 Å². The predicted molar refractivity (Wildman–Crippen MR) is 76.7 cm³/mol. The normalized spacial score (nSPS) is 15.0. The topological polar surface area (TPSA) is 93.7 Å². The molecular formula is C12H25N2O5PY. The van der Waals surface area contributed by atoms with Crippen molar-refractivity contribution in [2.75, 3.05) is 0 Å². The average molecular weight is 397 g/mol. The fourth-order valence-electron chi connectivity index (χ4n) is 1.22. The second-order valence-electron chi connectivity index (χ2n) is 5.03. The van der Waals surface area contributed by atoms with Crippen LogP contribution < -0.4 is 10.2 Å². The third kappa shape index (κ3) is 11.4. The van der Waals surface area contributed by atoms with Crippen LogP contribution in [-0.2, 0) is 56.3 Å². The molecule has 121 valence electrons. The van der Waals surface area contributed by atoms with Gasteiger partial charge in [0, 0.05) is 32.7 Å². The van der Waals surface area contributed by atoms with Gasteiger partial charge in [0.05, 0.1) is 12.2 Å². The summed E-state index contributed by atoms with van der Waals surface area (Å²) in [6, 6.07) is -1.44. The Kier molecular flexibility index (Phi) is 13.1. The molecule has 0 bridgehead atoms. The van der Waals surface area contributed by atoms with Gasteiger partial charge in [0.1, 0.15) is 12.1 Å². The maximum Gasteiger partial charge on any atom is 0.323 e. The Morgan fingerprint density at radius 1 is 0.810 bits per heavy atom. The quantitative estimate of drug-likeness (QED) is 0.470. The molecule has 0 aromatic rings. The van der Waals surface area contributed by atoms with Crippen LogP contribution in [0.1, 0.15) is 41.5 Å². The molecule has 7 nitrogen and oxygen atoms in total. The van der Waals surface area contributed by atoms with Crippen molar-refractivity contribution in [2.24, 2.45) is 0 Å². The van der Waals surface area contributed by atoms with E-state index in [1.807, 2.05) is 0 Å². The fraction of sp³-hybridized carbons (Fsp3) is 0.833. The van der Waals surface area contributed by atoms with Crippen LogP contribution >= 0.6 is 8.10 Å². The average Bonchev–Trinajstić information content (AvgIpc) is 2.26. The molecule has 0 heterocycles. The van der Waals surface area contributed by atoms with Gasteiger partial charge in [-0.3, -0.25) is 14.2 Å². The molecule has 1 radical (unpaired) electrons. The minimum atomic E-state index is -2.50. The van der Waals surface area contributed by atoms with E-state index in [0.29, 0.717) is 0 Å². The molecule has 0 amide bonds. The summed E-state index contributed by atoms with van der Waals surface area (Å²) >= 11 is 0. The predicted octanol–water partition coefficient (Wildman–Crippen LogP) is 1.23. The first-order valence-electron chi connectivity index (χ1n) is 6.61. The standard InChI is InChI=1S/C12H25N2O5P.Y/c1-7(2)18-11(15)9(5)13-20(17)14-10(6)12(16)19-8(3)4;/h7-10,20H,1-6H3,(H2,13,14,17);. The maximum absolute atomic E-state index is 11.8. The van der Waals surface area contributed by atoms with E-state index in [4.69, 9.17) is 9.47 Å². The van der Waals surface area contributed by atoms with Crippen LogP contribution in [0.25, 0.3) is 0 Å². The Hall–Kier alpha value is 0.194. The zero-order valence-electron chi connectivity index (χ0n) is 13.4. The van der Waals surface area contributed by atoms with Gasteiger partial charge in [0.2, 0.25) is 8.10 Å². The largest absolute Gasteiger partial charge is 0.462 e. The molecule has 2 N–H and O–H groups in total. The van der Waals surface area contributed by atoms with E-state index in [2.05, 4.69) is 10.2 Å². The molecule has 9 heteroatoms. The third-order valence-electron chi connectivity index (χ3n) is 2.11. The van der Waals surface area contributed by atoms with Crippen LogP contribution in [0.5, 0.6) is 0 Å². The van der Waals surface area contributed by atoms with Crippen molar-refractivity contribution in [3.8, 4) is 0 Å². The smallest absolute Gasteiger partial charge is 0.323 e. The van der Waals surface area contributed by atoms with Gasteiger partial charge in [-0.1, -0.05) is 0 Å². The summed E-state index contributed by atoms with van der Waals surface area (Å²) in [5, 5.41) is 5.15. The number of esters is 2. The van der Waals surface area contributed by atoms with Crippen LogP contribution in [0.15, 0.2) is 0 Å². The Labute approximate surface area is 152 Å². The number of nitrogens with one attached hydrogen (secondary N) is 2. The van der Waals surface area contributed by atoms with Gasteiger partial charge >= 0.3 is 11.9 Å². The molecular weight excluding hydrogens is 372 g/mol. The molecule has 21 heavy (non-hydrogen) atoms. The van der Waals surface area contributed by atoms with E-state index in [-0.39, 0.29) is 44.9 Å². The van der Waals surface area contributed by atoms with Gasteiger partial charge in [0.25, 0.3) is 0 Å². The van der Waals surface area contributed by atoms with Crippen molar-refractivity contribution in [3.63, 3.8) is 0 Å². The number of hydrogen-bond acceptors (Lipinski definition) is 5. The summed E-state index contributed by atoms with van der Waals surface area (Å²) in [4.78, 5) is 23.1. The fourth-order valence-corrected chi connectivity index (χ4v) is 2.33. The molecule has 0 saturated heterocycles. The number of hydrogen-bond donors (Lipinski definition) is 2. The van der Waals surface area contributed by atoms with Gasteiger partial charge in [-0.25, -0.2) is 10.2 Å². The second kappa shape index (κ2) is 11.7. The Morgan fingerprint density at radius 2 is 1.10 bits per heavy atom.